The molecule has 2 aliphatic rings. The van der Waals surface area contributed by atoms with Gasteiger partial charge in [-0.15, -0.1) is 0 Å². The third-order valence-electron chi connectivity index (χ3n) is 3.59. The van der Waals surface area contributed by atoms with E-state index in [1.54, 1.807) is 12.2 Å². The molecule has 0 bridgehead atoms. The number of benzene rings is 1. The molecule has 1 aliphatic heterocycles. The minimum atomic E-state index is 0.0765. The first-order chi connectivity index (χ1) is 11.2. The van der Waals surface area contributed by atoms with Crippen molar-refractivity contribution >= 4 is 11.9 Å². The van der Waals surface area contributed by atoms with E-state index in [0.29, 0.717) is 0 Å². The first-order valence-electron chi connectivity index (χ1n) is 8.02. The van der Waals surface area contributed by atoms with Gasteiger partial charge in [-0.1, -0.05) is 32.3 Å². The quantitative estimate of drug-likeness (QED) is 0.365. The van der Waals surface area contributed by atoms with E-state index in [9.17, 15) is 4.79 Å². The van der Waals surface area contributed by atoms with Crippen LogP contribution in [0, 0.1) is 0 Å². The lowest BCUT2D eigenvalue weighted by Gasteiger charge is -2.05. The van der Waals surface area contributed by atoms with E-state index < -0.39 is 0 Å². The van der Waals surface area contributed by atoms with Crippen LogP contribution >= 0.6 is 0 Å². The maximum atomic E-state index is 11.1. The number of hydrogen-bond acceptors (Lipinski definition) is 5. The van der Waals surface area contributed by atoms with Gasteiger partial charge in [0.25, 0.3) is 0 Å². The van der Waals surface area contributed by atoms with Crippen LogP contribution in [0.2, 0.25) is 0 Å². The van der Waals surface area contributed by atoms with Crippen LogP contribution in [-0.4, -0.2) is 19.1 Å². The highest BCUT2D eigenvalue weighted by molar-refractivity contribution is 6.16. The molecular weight excluding hydrogens is 292 g/mol. The van der Waals surface area contributed by atoms with Gasteiger partial charge in [-0.25, -0.2) is 0 Å². The normalized spacial score (nSPS) is 16.1. The Morgan fingerprint density at radius 1 is 1.17 bits per heavy atom. The highest BCUT2D eigenvalue weighted by Gasteiger charge is 2.14. The van der Waals surface area contributed by atoms with E-state index in [2.05, 4.69) is 12.3 Å². The number of carbonyl (C=O) groups is 1. The first-order valence-corrected chi connectivity index (χ1v) is 8.02. The number of ether oxygens (including phenoxy) is 2. The SMILES string of the molecule is CCCCCCNN.O=C1C=CC1=Cc1ccc2c(c1)OCO2. The Labute approximate surface area is 137 Å². The summed E-state index contributed by atoms with van der Waals surface area (Å²) >= 11 is 0. The maximum absolute atomic E-state index is 11.1. The maximum Gasteiger partial charge on any atom is 0.231 e. The molecule has 0 atom stereocenters. The molecule has 0 saturated heterocycles. The number of hydrazine groups is 1. The monoisotopic (exact) mass is 316 g/mol. The molecule has 1 heterocycles. The highest BCUT2D eigenvalue weighted by Crippen LogP contribution is 2.33. The van der Waals surface area contributed by atoms with Crippen molar-refractivity contribution in [1.82, 2.24) is 5.43 Å². The molecule has 0 radical (unpaired) electrons. The molecule has 3 N–H and O–H groups in total. The zero-order valence-corrected chi connectivity index (χ0v) is 13.5. The van der Waals surface area contributed by atoms with Gasteiger partial charge in [0, 0.05) is 12.1 Å². The zero-order chi connectivity index (χ0) is 16.5. The lowest BCUT2D eigenvalue weighted by Crippen LogP contribution is -2.22. The van der Waals surface area contributed by atoms with Crippen LogP contribution in [0.25, 0.3) is 6.08 Å². The molecule has 0 fully saturated rings. The average molecular weight is 316 g/mol. The van der Waals surface area contributed by atoms with Crippen molar-refractivity contribution in [1.29, 1.82) is 0 Å². The number of unbranched alkanes of at least 4 members (excludes halogenated alkanes) is 3. The number of ketones is 1. The van der Waals surface area contributed by atoms with Crippen LogP contribution in [-0.2, 0) is 4.79 Å². The fraction of sp³-hybridized carbons (Fsp3) is 0.389. The Kier molecular flexibility index (Phi) is 6.84. The molecule has 5 heteroatoms. The molecule has 0 saturated carbocycles. The fourth-order valence-corrected chi connectivity index (χ4v) is 2.20. The Balaban J connectivity index is 0.000000207. The number of hydrogen-bond donors (Lipinski definition) is 2. The molecule has 1 aromatic carbocycles. The zero-order valence-electron chi connectivity index (χ0n) is 13.5. The van der Waals surface area contributed by atoms with Crippen LogP contribution < -0.4 is 20.7 Å². The van der Waals surface area contributed by atoms with Crippen LogP contribution in [0.15, 0.2) is 35.9 Å². The van der Waals surface area contributed by atoms with Crippen molar-refractivity contribution in [2.75, 3.05) is 13.3 Å². The number of allylic oxidation sites excluding steroid dienone is 3. The van der Waals surface area contributed by atoms with Crippen LogP contribution in [0.4, 0.5) is 0 Å². The third kappa shape index (κ3) is 5.23. The Hall–Kier alpha value is -2.11. The lowest BCUT2D eigenvalue weighted by molar-refractivity contribution is -0.111. The number of nitrogens with one attached hydrogen (secondary N) is 1. The summed E-state index contributed by atoms with van der Waals surface area (Å²) < 4.78 is 10.4. The summed E-state index contributed by atoms with van der Waals surface area (Å²) in [5, 5.41) is 0. The molecule has 0 amide bonds. The second kappa shape index (κ2) is 9.12. The largest absolute Gasteiger partial charge is 0.454 e. The third-order valence-corrected chi connectivity index (χ3v) is 3.59. The molecule has 23 heavy (non-hydrogen) atoms. The summed E-state index contributed by atoms with van der Waals surface area (Å²) in [4.78, 5) is 11.1. The minimum absolute atomic E-state index is 0.0765. The van der Waals surface area contributed by atoms with Gasteiger partial charge in [-0.3, -0.25) is 16.1 Å². The van der Waals surface area contributed by atoms with Gasteiger partial charge < -0.3 is 9.47 Å². The van der Waals surface area contributed by atoms with E-state index >= 15 is 0 Å². The summed E-state index contributed by atoms with van der Waals surface area (Å²) in [5.74, 6) is 6.63. The first kappa shape index (κ1) is 17.2. The predicted molar refractivity (Wildman–Crippen MR) is 91.0 cm³/mol. The average Bonchev–Trinajstić information content (AvgIpc) is 3.03. The molecule has 0 spiro atoms. The van der Waals surface area contributed by atoms with Crippen molar-refractivity contribution in [2.24, 2.45) is 5.84 Å². The van der Waals surface area contributed by atoms with Gasteiger partial charge in [-0.05, 0) is 42.3 Å². The van der Waals surface area contributed by atoms with E-state index in [1.807, 2.05) is 24.3 Å². The predicted octanol–water partition coefficient (Wildman–Crippen LogP) is 2.97. The van der Waals surface area contributed by atoms with Crippen molar-refractivity contribution in [3.63, 3.8) is 0 Å². The van der Waals surface area contributed by atoms with Gasteiger partial charge in [-0.2, -0.15) is 0 Å². The van der Waals surface area contributed by atoms with Crippen LogP contribution in [0.5, 0.6) is 11.5 Å². The van der Waals surface area contributed by atoms with Gasteiger partial charge in [0.05, 0.1) is 0 Å². The Morgan fingerprint density at radius 3 is 2.65 bits per heavy atom. The summed E-state index contributed by atoms with van der Waals surface area (Å²) in [6.45, 7) is 3.43. The second-order valence-corrected chi connectivity index (χ2v) is 5.42. The molecule has 5 nitrogen and oxygen atoms in total. The molecule has 1 aromatic rings. The van der Waals surface area contributed by atoms with Gasteiger partial charge in [0.15, 0.2) is 17.3 Å². The number of fused-ring (bicyclic) bond motifs is 1. The summed E-state index contributed by atoms with van der Waals surface area (Å²) in [6, 6.07) is 5.62. The summed E-state index contributed by atoms with van der Waals surface area (Å²) in [7, 11) is 0. The molecular formula is C18H24N2O3. The van der Waals surface area contributed by atoms with E-state index in [4.69, 9.17) is 15.3 Å². The Bertz CT molecular complexity index is 588. The van der Waals surface area contributed by atoms with E-state index in [-0.39, 0.29) is 12.6 Å². The minimum Gasteiger partial charge on any atom is -0.454 e. The summed E-state index contributed by atoms with van der Waals surface area (Å²) in [6.07, 6.45) is 10.3. The van der Waals surface area contributed by atoms with Crippen molar-refractivity contribution in [2.45, 2.75) is 32.6 Å². The summed E-state index contributed by atoms with van der Waals surface area (Å²) in [5.41, 5.74) is 4.31. The Morgan fingerprint density at radius 2 is 2.00 bits per heavy atom. The lowest BCUT2D eigenvalue weighted by atomic mass is 9.98. The second-order valence-electron chi connectivity index (χ2n) is 5.42. The number of nitrogens with two attached hydrogens (primary N) is 1. The molecule has 0 aromatic heterocycles. The number of carbonyl (C=O) groups excluding carboxylic acids is 1. The molecule has 1 aliphatic carbocycles. The van der Waals surface area contributed by atoms with Crippen molar-refractivity contribution in [3.8, 4) is 11.5 Å². The molecule has 124 valence electrons. The van der Waals surface area contributed by atoms with E-state index in [0.717, 1.165) is 29.2 Å². The van der Waals surface area contributed by atoms with Crippen LogP contribution in [0.1, 0.15) is 38.2 Å². The van der Waals surface area contributed by atoms with Crippen LogP contribution in [0.3, 0.4) is 0 Å². The van der Waals surface area contributed by atoms with Gasteiger partial charge >= 0.3 is 0 Å². The van der Waals surface area contributed by atoms with Gasteiger partial charge in [0.2, 0.25) is 6.79 Å². The number of rotatable bonds is 6. The van der Waals surface area contributed by atoms with Gasteiger partial charge in [0.1, 0.15) is 0 Å². The molecule has 3 rings (SSSR count). The smallest absolute Gasteiger partial charge is 0.231 e. The standard InChI is InChI=1S/C12H8O3.C6H16N2/c13-10-3-2-9(10)5-8-1-4-11-12(6-8)15-7-14-11;1-2-3-4-5-6-8-7/h1-6H,7H2;8H,2-7H2,1H3. The fourth-order valence-electron chi connectivity index (χ4n) is 2.20. The van der Waals surface area contributed by atoms with E-state index in [1.165, 1.54) is 25.7 Å². The van der Waals surface area contributed by atoms with Crippen molar-refractivity contribution in [3.05, 3.63) is 41.5 Å². The topological polar surface area (TPSA) is 73.6 Å². The highest BCUT2D eigenvalue weighted by atomic mass is 16.7. The van der Waals surface area contributed by atoms with Crippen molar-refractivity contribution < 1.29 is 14.3 Å². The molecule has 0 unspecified atom stereocenters.